The third kappa shape index (κ3) is 2.34. The molecule has 2 heterocycles. The molecule has 0 unspecified atom stereocenters. The molecule has 0 atom stereocenters. The average molecular weight is 291 g/mol. The minimum Gasteiger partial charge on any atom is -0.378 e. The van der Waals surface area contributed by atoms with Gasteiger partial charge in [0.25, 0.3) is 0 Å². The van der Waals surface area contributed by atoms with Crippen molar-refractivity contribution < 1.29 is 0 Å². The first-order valence-corrected chi connectivity index (χ1v) is 6.95. The maximum absolute atomic E-state index is 6.22. The summed E-state index contributed by atoms with van der Waals surface area (Å²) in [6, 6.07) is 3.87. The highest BCUT2D eigenvalue weighted by Crippen LogP contribution is 2.32. The van der Waals surface area contributed by atoms with Gasteiger partial charge in [0.05, 0.1) is 27.1 Å². The van der Waals surface area contributed by atoms with Crippen LogP contribution in [0.15, 0.2) is 36.6 Å². The molecular weight excluding hydrogens is 280 g/mol. The number of nitrogens with one attached hydrogen (secondary N) is 1. The number of aromatic nitrogens is 3. The van der Waals surface area contributed by atoms with Crippen molar-refractivity contribution >= 4 is 45.0 Å². The number of thiazole rings is 1. The Labute approximate surface area is 119 Å². The van der Waals surface area contributed by atoms with Crippen LogP contribution in [0.5, 0.6) is 0 Å². The first kappa shape index (κ1) is 12.2. The number of fused-ring (bicyclic) bond motifs is 1. The number of hydrogen-bond donors (Lipinski definition) is 1. The van der Waals surface area contributed by atoms with Gasteiger partial charge in [-0.05, 0) is 12.1 Å². The average Bonchev–Trinajstić information content (AvgIpc) is 3.05. The molecule has 4 nitrogen and oxygen atoms in total. The van der Waals surface area contributed by atoms with E-state index in [0.29, 0.717) is 11.6 Å². The molecule has 0 fully saturated rings. The van der Waals surface area contributed by atoms with Gasteiger partial charge in [0, 0.05) is 24.5 Å². The van der Waals surface area contributed by atoms with E-state index in [0.717, 1.165) is 21.5 Å². The van der Waals surface area contributed by atoms with Crippen molar-refractivity contribution in [3.05, 3.63) is 47.2 Å². The maximum Gasteiger partial charge on any atom is 0.106 e. The molecule has 0 aliphatic rings. The third-order valence-electron chi connectivity index (χ3n) is 2.76. The van der Waals surface area contributed by atoms with Gasteiger partial charge in [0.2, 0.25) is 0 Å². The van der Waals surface area contributed by atoms with Crippen LogP contribution in [0.4, 0.5) is 5.69 Å². The van der Waals surface area contributed by atoms with Gasteiger partial charge in [-0.2, -0.15) is 5.10 Å². The molecule has 0 saturated heterocycles. The topological polar surface area (TPSA) is 42.7 Å². The highest BCUT2D eigenvalue weighted by Gasteiger charge is 2.08. The largest absolute Gasteiger partial charge is 0.378 e. The Morgan fingerprint density at radius 2 is 2.37 bits per heavy atom. The molecule has 2 aromatic heterocycles. The van der Waals surface area contributed by atoms with Crippen molar-refractivity contribution in [2.75, 3.05) is 5.32 Å². The molecule has 0 bridgehead atoms. The molecule has 0 amide bonds. The quantitative estimate of drug-likeness (QED) is 0.793. The van der Waals surface area contributed by atoms with E-state index in [1.165, 1.54) is 0 Å². The zero-order valence-electron chi connectivity index (χ0n) is 10.0. The Kier molecular flexibility index (Phi) is 3.23. The van der Waals surface area contributed by atoms with E-state index in [4.69, 9.17) is 11.6 Å². The van der Waals surface area contributed by atoms with Gasteiger partial charge in [0.15, 0.2) is 0 Å². The van der Waals surface area contributed by atoms with Gasteiger partial charge < -0.3 is 5.32 Å². The molecule has 0 spiro atoms. The fourth-order valence-corrected chi connectivity index (χ4v) is 2.74. The molecule has 3 rings (SSSR count). The van der Waals surface area contributed by atoms with Crippen molar-refractivity contribution in [1.29, 1.82) is 0 Å². The molecular formula is C13H11ClN4S. The lowest BCUT2D eigenvalue weighted by molar-refractivity contribution is 0.936. The second-order valence-electron chi connectivity index (χ2n) is 3.99. The van der Waals surface area contributed by atoms with Crippen LogP contribution in [0, 0.1) is 0 Å². The van der Waals surface area contributed by atoms with Crippen LogP contribution in [0.2, 0.25) is 5.02 Å². The van der Waals surface area contributed by atoms with Crippen LogP contribution < -0.4 is 5.32 Å². The Hall–Kier alpha value is -1.85. The van der Waals surface area contributed by atoms with Crippen LogP contribution in [0.1, 0.15) is 5.56 Å². The number of nitrogens with zero attached hydrogens (tertiary/aromatic N) is 3. The van der Waals surface area contributed by atoms with Crippen molar-refractivity contribution in [2.45, 2.75) is 6.54 Å². The molecule has 0 aliphatic carbocycles. The molecule has 0 aliphatic heterocycles. The lowest BCUT2D eigenvalue weighted by atomic mass is 10.2. The number of rotatable bonds is 4. The number of anilines is 1. The third-order valence-corrected chi connectivity index (χ3v) is 3.87. The summed E-state index contributed by atoms with van der Waals surface area (Å²) in [7, 11) is 0. The normalized spacial score (nSPS) is 10.8. The van der Waals surface area contributed by atoms with Gasteiger partial charge in [-0.1, -0.05) is 18.2 Å². The van der Waals surface area contributed by atoms with Crippen LogP contribution >= 0.6 is 22.9 Å². The van der Waals surface area contributed by atoms with Crippen LogP contribution in [-0.2, 0) is 6.54 Å². The highest BCUT2D eigenvalue weighted by atomic mass is 35.5. The van der Waals surface area contributed by atoms with E-state index in [-0.39, 0.29) is 0 Å². The molecule has 19 heavy (non-hydrogen) atoms. The van der Waals surface area contributed by atoms with Gasteiger partial charge in [-0.25, -0.2) is 9.67 Å². The van der Waals surface area contributed by atoms with Gasteiger partial charge in [0.1, 0.15) is 5.52 Å². The second-order valence-corrected chi connectivity index (χ2v) is 5.28. The summed E-state index contributed by atoms with van der Waals surface area (Å²) >= 11 is 7.82. The van der Waals surface area contributed by atoms with E-state index in [2.05, 4.69) is 22.0 Å². The summed E-state index contributed by atoms with van der Waals surface area (Å²) in [5, 5.41) is 8.13. The fourth-order valence-electron chi connectivity index (χ4n) is 1.83. The zero-order chi connectivity index (χ0) is 13.2. The van der Waals surface area contributed by atoms with E-state index < -0.39 is 0 Å². The first-order valence-electron chi connectivity index (χ1n) is 5.69. The summed E-state index contributed by atoms with van der Waals surface area (Å²) in [4.78, 5) is 4.35. The Balaban J connectivity index is 1.86. The van der Waals surface area contributed by atoms with Gasteiger partial charge in [-0.15, -0.1) is 11.3 Å². The van der Waals surface area contributed by atoms with Gasteiger partial charge in [-0.3, -0.25) is 0 Å². The standard InChI is InChI=1S/C13H11ClN4S/c1-2-18-7-9(6-17-18)5-15-12-10(14)3-4-11-13(12)16-8-19-11/h2-4,6-8,15H,1,5H2. The lowest BCUT2D eigenvalue weighted by Crippen LogP contribution is -1.99. The summed E-state index contributed by atoms with van der Waals surface area (Å²) in [5.74, 6) is 0. The van der Waals surface area contributed by atoms with E-state index in [1.807, 2.05) is 23.8 Å². The summed E-state index contributed by atoms with van der Waals surface area (Å²) < 4.78 is 2.79. The van der Waals surface area contributed by atoms with E-state index in [9.17, 15) is 0 Å². The van der Waals surface area contributed by atoms with Crippen molar-refractivity contribution in [3.63, 3.8) is 0 Å². The van der Waals surface area contributed by atoms with Crippen LogP contribution in [-0.4, -0.2) is 14.8 Å². The first-order chi connectivity index (χ1) is 9.28. The Bertz CT molecular complexity index is 731. The zero-order valence-corrected chi connectivity index (χ0v) is 11.6. The molecule has 0 radical (unpaired) electrons. The molecule has 96 valence electrons. The fraction of sp³-hybridized carbons (Fsp3) is 0.0769. The van der Waals surface area contributed by atoms with E-state index in [1.54, 1.807) is 28.4 Å². The summed E-state index contributed by atoms with van der Waals surface area (Å²) in [6.07, 6.45) is 5.36. The minimum atomic E-state index is 0.643. The second kappa shape index (κ2) is 5.03. The van der Waals surface area contributed by atoms with Crippen molar-refractivity contribution in [1.82, 2.24) is 14.8 Å². The highest BCUT2D eigenvalue weighted by molar-refractivity contribution is 7.16. The Morgan fingerprint density at radius 3 is 3.16 bits per heavy atom. The molecule has 0 saturated carbocycles. The van der Waals surface area contributed by atoms with Crippen LogP contribution in [0.3, 0.4) is 0 Å². The van der Waals surface area contributed by atoms with E-state index >= 15 is 0 Å². The number of hydrogen-bond acceptors (Lipinski definition) is 4. The van der Waals surface area contributed by atoms with Crippen LogP contribution in [0.25, 0.3) is 16.4 Å². The smallest absolute Gasteiger partial charge is 0.106 e. The summed E-state index contributed by atoms with van der Waals surface area (Å²) in [6.45, 7) is 4.30. The molecule has 1 N–H and O–H groups in total. The Morgan fingerprint density at radius 1 is 1.47 bits per heavy atom. The summed E-state index contributed by atoms with van der Waals surface area (Å²) in [5.41, 5.74) is 4.66. The maximum atomic E-state index is 6.22. The van der Waals surface area contributed by atoms with Crippen molar-refractivity contribution in [3.8, 4) is 0 Å². The van der Waals surface area contributed by atoms with Crippen molar-refractivity contribution in [2.24, 2.45) is 0 Å². The number of halogens is 1. The molecule has 1 aromatic carbocycles. The predicted octanol–water partition coefficient (Wildman–Crippen LogP) is 3.86. The van der Waals surface area contributed by atoms with Gasteiger partial charge >= 0.3 is 0 Å². The molecule has 6 heteroatoms. The monoisotopic (exact) mass is 290 g/mol. The SMILES string of the molecule is C=Cn1cc(CNc2c(Cl)ccc3scnc23)cn1. The molecule has 3 aromatic rings. The number of benzene rings is 1. The minimum absolute atomic E-state index is 0.643. The predicted molar refractivity (Wildman–Crippen MR) is 80.6 cm³/mol. The lowest BCUT2D eigenvalue weighted by Gasteiger charge is -2.07.